The Labute approximate surface area is 157 Å². The Morgan fingerprint density at radius 2 is 2.15 bits per heavy atom. The number of aromatic nitrogens is 3. The monoisotopic (exact) mass is 372 g/mol. The number of rotatable bonds is 4. The maximum atomic E-state index is 13.3. The third kappa shape index (κ3) is 3.59. The van der Waals surface area contributed by atoms with E-state index in [1.807, 2.05) is 25.5 Å². The number of piperazine rings is 1. The van der Waals surface area contributed by atoms with Gasteiger partial charge in [-0.15, -0.1) is 0 Å². The van der Waals surface area contributed by atoms with Gasteiger partial charge in [0.1, 0.15) is 6.26 Å². The van der Waals surface area contributed by atoms with E-state index in [9.17, 15) is 9.59 Å². The maximum absolute atomic E-state index is 13.3. The molecule has 0 N–H and O–H groups in total. The number of likely N-dealkylation sites (N-methyl/N-ethyl adjacent to an activating group) is 1. The lowest BCUT2D eigenvalue weighted by Crippen LogP contribution is -2.52. The summed E-state index contributed by atoms with van der Waals surface area (Å²) in [6, 6.07) is 1.84. The lowest BCUT2D eigenvalue weighted by molar-refractivity contribution is -0.146. The van der Waals surface area contributed by atoms with Crippen LogP contribution in [0.2, 0.25) is 0 Å². The average Bonchev–Trinajstić information content (AvgIpc) is 3.38. The lowest BCUT2D eigenvalue weighted by atomic mass is 9.89. The Kier molecular flexibility index (Phi) is 4.69. The molecule has 2 aliphatic rings. The number of hydrogen-bond acceptors (Lipinski definition) is 6. The molecule has 4 rings (SSSR count). The molecule has 27 heavy (non-hydrogen) atoms. The van der Waals surface area contributed by atoms with Crippen LogP contribution < -0.4 is 0 Å². The fourth-order valence-electron chi connectivity index (χ4n) is 3.96. The number of aryl methyl sites for hydroxylation is 1. The van der Waals surface area contributed by atoms with Crippen LogP contribution in [0.5, 0.6) is 0 Å². The van der Waals surface area contributed by atoms with Gasteiger partial charge in [0.2, 0.25) is 11.8 Å². The first-order chi connectivity index (χ1) is 13.0. The van der Waals surface area contributed by atoms with Crippen LogP contribution in [-0.2, 0) is 23.2 Å². The molecule has 4 heterocycles. The van der Waals surface area contributed by atoms with Crippen LogP contribution in [0.25, 0.3) is 0 Å². The summed E-state index contributed by atoms with van der Waals surface area (Å²) in [5.41, 5.74) is 1.90. The predicted molar refractivity (Wildman–Crippen MR) is 95.4 cm³/mol. The molecule has 0 unspecified atom stereocenters. The van der Waals surface area contributed by atoms with E-state index in [0.717, 1.165) is 17.8 Å². The van der Waals surface area contributed by atoms with Gasteiger partial charge in [-0.25, -0.2) is 0 Å². The van der Waals surface area contributed by atoms with Crippen molar-refractivity contribution in [2.75, 3.05) is 39.8 Å². The van der Waals surface area contributed by atoms with Crippen LogP contribution in [0, 0.1) is 5.92 Å². The fraction of sp³-hybridized carbons (Fsp3) is 0.556. The minimum atomic E-state index is -0.197. The molecule has 2 aromatic heterocycles. The second-order valence-corrected chi connectivity index (χ2v) is 7.42. The van der Waals surface area contributed by atoms with Crippen molar-refractivity contribution in [3.8, 4) is 0 Å². The van der Waals surface area contributed by atoms with Crippen molar-refractivity contribution in [2.24, 2.45) is 13.0 Å². The molecule has 0 aliphatic carbocycles. The largest absolute Gasteiger partial charge is 0.364 e. The van der Waals surface area contributed by atoms with Gasteiger partial charge in [0.05, 0.1) is 24.4 Å². The highest BCUT2D eigenvalue weighted by Gasteiger charge is 2.42. The molecule has 9 heteroatoms. The summed E-state index contributed by atoms with van der Waals surface area (Å²) in [6.45, 7) is 3.34. The molecule has 2 amide bonds. The SMILES string of the molecule is CN1CCN(C(=O)[C@@H]2CN(Cc3ccon3)C[C@H]2c2cnn(C)c2)CC1=O. The first-order valence-corrected chi connectivity index (χ1v) is 9.14. The Bertz CT molecular complexity index is 817. The predicted octanol–water partition coefficient (Wildman–Crippen LogP) is -0.0757. The summed E-state index contributed by atoms with van der Waals surface area (Å²) in [4.78, 5) is 30.9. The Morgan fingerprint density at radius 1 is 1.30 bits per heavy atom. The summed E-state index contributed by atoms with van der Waals surface area (Å²) in [7, 11) is 3.65. The van der Waals surface area contributed by atoms with Crippen LogP contribution >= 0.6 is 0 Å². The molecule has 144 valence electrons. The van der Waals surface area contributed by atoms with Crippen LogP contribution in [0.1, 0.15) is 17.2 Å². The summed E-state index contributed by atoms with van der Waals surface area (Å²) in [5, 5.41) is 8.26. The molecule has 0 bridgehead atoms. The normalized spacial score (nSPS) is 24.0. The smallest absolute Gasteiger partial charge is 0.241 e. The van der Waals surface area contributed by atoms with Crippen LogP contribution in [-0.4, -0.2) is 81.2 Å². The van der Waals surface area contributed by atoms with Gasteiger partial charge in [-0.3, -0.25) is 19.2 Å². The van der Waals surface area contributed by atoms with Gasteiger partial charge >= 0.3 is 0 Å². The zero-order valence-corrected chi connectivity index (χ0v) is 15.6. The molecule has 2 saturated heterocycles. The quantitative estimate of drug-likeness (QED) is 0.746. The highest BCUT2D eigenvalue weighted by molar-refractivity contribution is 5.87. The zero-order valence-electron chi connectivity index (χ0n) is 15.6. The Morgan fingerprint density at radius 3 is 2.81 bits per heavy atom. The average molecular weight is 372 g/mol. The van der Waals surface area contributed by atoms with Gasteiger partial charge in [-0.1, -0.05) is 5.16 Å². The van der Waals surface area contributed by atoms with E-state index in [1.165, 1.54) is 0 Å². The molecule has 2 atom stereocenters. The van der Waals surface area contributed by atoms with Gasteiger partial charge in [-0.05, 0) is 5.56 Å². The maximum Gasteiger partial charge on any atom is 0.241 e. The minimum absolute atomic E-state index is 0.00928. The molecule has 0 radical (unpaired) electrons. The Hall–Kier alpha value is -2.68. The van der Waals surface area contributed by atoms with E-state index < -0.39 is 0 Å². The number of amides is 2. The molecule has 2 aliphatic heterocycles. The second-order valence-electron chi connectivity index (χ2n) is 7.42. The number of likely N-dealkylation sites (tertiary alicyclic amines) is 1. The molecular formula is C18H24N6O3. The molecular weight excluding hydrogens is 348 g/mol. The number of carbonyl (C=O) groups is 2. The van der Waals surface area contributed by atoms with E-state index in [0.29, 0.717) is 26.2 Å². The summed E-state index contributed by atoms with van der Waals surface area (Å²) in [6.07, 6.45) is 5.36. The molecule has 0 aromatic carbocycles. The lowest BCUT2D eigenvalue weighted by Gasteiger charge is -2.34. The van der Waals surface area contributed by atoms with Gasteiger partial charge in [0.15, 0.2) is 0 Å². The van der Waals surface area contributed by atoms with Gasteiger partial charge in [-0.2, -0.15) is 5.10 Å². The van der Waals surface area contributed by atoms with E-state index in [2.05, 4.69) is 15.2 Å². The highest BCUT2D eigenvalue weighted by atomic mass is 16.5. The van der Waals surface area contributed by atoms with Crippen molar-refractivity contribution in [3.05, 3.63) is 36.0 Å². The van der Waals surface area contributed by atoms with Crippen molar-refractivity contribution < 1.29 is 14.1 Å². The molecule has 0 spiro atoms. The van der Waals surface area contributed by atoms with E-state index in [-0.39, 0.29) is 30.2 Å². The van der Waals surface area contributed by atoms with Crippen LogP contribution in [0.3, 0.4) is 0 Å². The molecule has 2 aromatic rings. The summed E-state index contributed by atoms with van der Waals surface area (Å²) < 4.78 is 6.68. The van der Waals surface area contributed by atoms with E-state index >= 15 is 0 Å². The van der Waals surface area contributed by atoms with Crippen molar-refractivity contribution in [1.82, 2.24) is 29.6 Å². The van der Waals surface area contributed by atoms with Gasteiger partial charge in [0, 0.05) is 65.0 Å². The van der Waals surface area contributed by atoms with E-state index in [4.69, 9.17) is 4.52 Å². The Balaban J connectivity index is 1.53. The molecule has 2 fully saturated rings. The number of carbonyl (C=O) groups excluding carboxylic acids is 2. The van der Waals surface area contributed by atoms with Crippen molar-refractivity contribution >= 4 is 11.8 Å². The third-order valence-corrected chi connectivity index (χ3v) is 5.51. The molecule has 9 nitrogen and oxygen atoms in total. The summed E-state index contributed by atoms with van der Waals surface area (Å²) in [5.74, 6) is -0.108. The minimum Gasteiger partial charge on any atom is -0.364 e. The zero-order chi connectivity index (χ0) is 19.0. The number of nitrogens with zero attached hydrogens (tertiary/aromatic N) is 6. The second kappa shape index (κ2) is 7.15. The van der Waals surface area contributed by atoms with Gasteiger partial charge in [0.25, 0.3) is 0 Å². The van der Waals surface area contributed by atoms with Gasteiger partial charge < -0.3 is 14.3 Å². The van der Waals surface area contributed by atoms with Crippen molar-refractivity contribution in [2.45, 2.75) is 12.5 Å². The third-order valence-electron chi connectivity index (χ3n) is 5.51. The summed E-state index contributed by atoms with van der Waals surface area (Å²) >= 11 is 0. The first kappa shape index (κ1) is 17.7. The van der Waals surface area contributed by atoms with Crippen LogP contribution in [0.4, 0.5) is 0 Å². The topological polar surface area (TPSA) is 87.7 Å². The van der Waals surface area contributed by atoms with Crippen molar-refractivity contribution in [1.29, 1.82) is 0 Å². The highest BCUT2D eigenvalue weighted by Crippen LogP contribution is 2.34. The molecule has 0 saturated carbocycles. The number of hydrogen-bond donors (Lipinski definition) is 0. The standard InChI is InChI=1S/C18H24N6O3/c1-21-4-5-24(12-17(21)25)18(26)16-11-23(9-14-3-6-27-20-14)10-15(16)13-7-19-22(2)8-13/h3,6-8,15-16H,4-5,9-12H2,1-2H3/t15-,16+/m0/s1. The first-order valence-electron chi connectivity index (χ1n) is 9.14. The van der Waals surface area contributed by atoms with Crippen LogP contribution in [0.15, 0.2) is 29.2 Å². The van der Waals surface area contributed by atoms with Crippen molar-refractivity contribution in [3.63, 3.8) is 0 Å². The fourth-order valence-corrected chi connectivity index (χ4v) is 3.96. The van der Waals surface area contributed by atoms with E-state index in [1.54, 1.807) is 27.8 Å².